The minimum atomic E-state index is 0.705. The Morgan fingerprint density at radius 2 is 2.00 bits per heavy atom. The SMILES string of the molecule is CCN(CC)C(=S)NCCCNc1ccnc2cc(Cl)ccc12. The van der Waals surface area contributed by atoms with Crippen molar-refractivity contribution in [1.29, 1.82) is 0 Å². The van der Waals surface area contributed by atoms with Gasteiger partial charge in [-0.05, 0) is 56.8 Å². The Morgan fingerprint density at radius 3 is 2.74 bits per heavy atom. The topological polar surface area (TPSA) is 40.2 Å². The lowest BCUT2D eigenvalue weighted by Gasteiger charge is -2.22. The van der Waals surface area contributed by atoms with E-state index in [1.165, 1.54) is 0 Å². The molecule has 0 saturated carbocycles. The second kappa shape index (κ2) is 8.89. The van der Waals surface area contributed by atoms with Gasteiger partial charge in [0.2, 0.25) is 0 Å². The molecule has 1 aromatic carbocycles. The highest BCUT2D eigenvalue weighted by Gasteiger charge is 2.04. The van der Waals surface area contributed by atoms with Crippen molar-refractivity contribution in [2.75, 3.05) is 31.5 Å². The van der Waals surface area contributed by atoms with E-state index in [4.69, 9.17) is 23.8 Å². The van der Waals surface area contributed by atoms with Crippen molar-refractivity contribution in [2.24, 2.45) is 0 Å². The summed E-state index contributed by atoms with van der Waals surface area (Å²) < 4.78 is 0. The average molecular weight is 351 g/mol. The van der Waals surface area contributed by atoms with Gasteiger partial charge in [0.05, 0.1) is 5.52 Å². The van der Waals surface area contributed by atoms with Crippen molar-refractivity contribution in [3.8, 4) is 0 Å². The summed E-state index contributed by atoms with van der Waals surface area (Å²) in [6.07, 6.45) is 2.79. The number of benzene rings is 1. The molecule has 1 heterocycles. The smallest absolute Gasteiger partial charge is 0.168 e. The second-order valence-corrected chi connectivity index (χ2v) is 6.03. The van der Waals surface area contributed by atoms with E-state index in [0.717, 1.165) is 54.3 Å². The molecule has 0 bridgehead atoms. The molecular formula is C17H23ClN4S. The maximum absolute atomic E-state index is 6.01. The van der Waals surface area contributed by atoms with Crippen LogP contribution in [0.2, 0.25) is 5.02 Å². The maximum Gasteiger partial charge on any atom is 0.168 e. The Bertz CT molecular complexity index is 658. The highest BCUT2D eigenvalue weighted by Crippen LogP contribution is 2.24. The van der Waals surface area contributed by atoms with Gasteiger partial charge in [-0.25, -0.2) is 0 Å². The van der Waals surface area contributed by atoms with Crippen molar-refractivity contribution in [1.82, 2.24) is 15.2 Å². The van der Waals surface area contributed by atoms with E-state index in [2.05, 4.69) is 34.4 Å². The fourth-order valence-electron chi connectivity index (χ4n) is 2.40. The summed E-state index contributed by atoms with van der Waals surface area (Å²) in [6.45, 7) is 7.82. The number of thiocarbonyl (C=S) groups is 1. The number of nitrogens with zero attached hydrogens (tertiary/aromatic N) is 2. The molecule has 23 heavy (non-hydrogen) atoms. The zero-order valence-electron chi connectivity index (χ0n) is 13.6. The normalized spacial score (nSPS) is 10.6. The zero-order valence-corrected chi connectivity index (χ0v) is 15.2. The third kappa shape index (κ3) is 4.94. The third-order valence-electron chi connectivity index (χ3n) is 3.70. The van der Waals surface area contributed by atoms with Crippen LogP contribution in [0.25, 0.3) is 10.9 Å². The molecule has 0 aliphatic rings. The van der Waals surface area contributed by atoms with Gasteiger partial charge >= 0.3 is 0 Å². The number of pyridine rings is 1. The third-order valence-corrected chi connectivity index (χ3v) is 4.34. The molecule has 0 spiro atoms. The number of halogens is 1. The quantitative estimate of drug-likeness (QED) is 0.585. The number of nitrogens with one attached hydrogen (secondary N) is 2. The molecule has 0 saturated heterocycles. The molecule has 0 atom stereocenters. The predicted octanol–water partition coefficient (Wildman–Crippen LogP) is 3.91. The van der Waals surface area contributed by atoms with Crippen molar-refractivity contribution >= 4 is 45.5 Å². The van der Waals surface area contributed by atoms with Crippen LogP contribution in [0, 0.1) is 0 Å². The van der Waals surface area contributed by atoms with E-state index in [1.807, 2.05) is 24.3 Å². The fourth-order valence-corrected chi connectivity index (χ4v) is 2.93. The molecule has 0 aliphatic heterocycles. The van der Waals surface area contributed by atoms with Crippen molar-refractivity contribution < 1.29 is 0 Å². The summed E-state index contributed by atoms with van der Waals surface area (Å²) in [5.41, 5.74) is 1.99. The molecule has 0 fully saturated rings. The molecule has 6 heteroatoms. The average Bonchev–Trinajstić information content (AvgIpc) is 2.55. The molecule has 2 aromatic rings. The highest BCUT2D eigenvalue weighted by atomic mass is 35.5. The van der Waals surface area contributed by atoms with Gasteiger partial charge in [-0.15, -0.1) is 0 Å². The first-order valence-electron chi connectivity index (χ1n) is 7.96. The minimum Gasteiger partial charge on any atom is -0.384 e. The molecule has 4 nitrogen and oxygen atoms in total. The second-order valence-electron chi connectivity index (χ2n) is 5.20. The molecule has 0 unspecified atom stereocenters. The zero-order chi connectivity index (χ0) is 16.7. The predicted molar refractivity (Wildman–Crippen MR) is 103 cm³/mol. The number of hydrogen-bond donors (Lipinski definition) is 2. The summed E-state index contributed by atoms with van der Waals surface area (Å²) in [6, 6.07) is 7.76. The molecule has 0 amide bonds. The van der Waals surface area contributed by atoms with Crippen LogP contribution in [-0.4, -0.2) is 41.2 Å². The largest absolute Gasteiger partial charge is 0.384 e. The minimum absolute atomic E-state index is 0.705. The van der Waals surface area contributed by atoms with Crippen LogP contribution in [-0.2, 0) is 0 Å². The molecule has 1 aromatic heterocycles. The van der Waals surface area contributed by atoms with Crippen LogP contribution >= 0.6 is 23.8 Å². The number of aromatic nitrogens is 1. The van der Waals surface area contributed by atoms with Crippen LogP contribution < -0.4 is 10.6 Å². The van der Waals surface area contributed by atoms with Gasteiger partial charge in [0.25, 0.3) is 0 Å². The van der Waals surface area contributed by atoms with Crippen molar-refractivity contribution in [3.63, 3.8) is 0 Å². The Kier molecular flexibility index (Phi) is 6.86. The monoisotopic (exact) mass is 350 g/mol. The highest BCUT2D eigenvalue weighted by molar-refractivity contribution is 7.80. The molecule has 0 radical (unpaired) electrons. The van der Waals surface area contributed by atoms with Crippen LogP contribution in [0.4, 0.5) is 5.69 Å². The van der Waals surface area contributed by atoms with E-state index in [-0.39, 0.29) is 0 Å². The summed E-state index contributed by atoms with van der Waals surface area (Å²) >= 11 is 11.4. The lowest BCUT2D eigenvalue weighted by Crippen LogP contribution is -2.40. The summed E-state index contributed by atoms with van der Waals surface area (Å²) in [7, 11) is 0. The number of fused-ring (bicyclic) bond motifs is 1. The Labute approximate surface area is 148 Å². The summed E-state index contributed by atoms with van der Waals surface area (Å²) in [5, 5.41) is 9.39. The van der Waals surface area contributed by atoms with Gasteiger partial charge in [-0.1, -0.05) is 11.6 Å². The maximum atomic E-state index is 6.01. The van der Waals surface area contributed by atoms with Crippen LogP contribution in [0.1, 0.15) is 20.3 Å². The van der Waals surface area contributed by atoms with E-state index < -0.39 is 0 Å². The van der Waals surface area contributed by atoms with Crippen LogP contribution in [0.15, 0.2) is 30.5 Å². The van der Waals surface area contributed by atoms with E-state index >= 15 is 0 Å². The molecular weight excluding hydrogens is 328 g/mol. The van der Waals surface area contributed by atoms with Gasteiger partial charge in [0.15, 0.2) is 5.11 Å². The van der Waals surface area contributed by atoms with Crippen molar-refractivity contribution in [2.45, 2.75) is 20.3 Å². The fraction of sp³-hybridized carbons (Fsp3) is 0.412. The molecule has 2 rings (SSSR count). The van der Waals surface area contributed by atoms with Gasteiger partial charge < -0.3 is 15.5 Å². The van der Waals surface area contributed by atoms with E-state index in [9.17, 15) is 0 Å². The molecule has 2 N–H and O–H groups in total. The lowest BCUT2D eigenvalue weighted by atomic mass is 10.2. The first-order chi connectivity index (χ1) is 11.2. The first kappa shape index (κ1) is 17.8. The van der Waals surface area contributed by atoms with Crippen molar-refractivity contribution in [3.05, 3.63) is 35.5 Å². The van der Waals surface area contributed by atoms with Crippen LogP contribution in [0.3, 0.4) is 0 Å². The summed E-state index contributed by atoms with van der Waals surface area (Å²) in [5.74, 6) is 0. The van der Waals surface area contributed by atoms with E-state index in [0.29, 0.717) is 5.02 Å². The molecule has 0 aliphatic carbocycles. The number of rotatable bonds is 7. The Hall–Kier alpha value is -1.59. The number of anilines is 1. The van der Waals surface area contributed by atoms with E-state index in [1.54, 1.807) is 6.20 Å². The Morgan fingerprint density at radius 1 is 1.22 bits per heavy atom. The van der Waals surface area contributed by atoms with Gasteiger partial charge in [-0.3, -0.25) is 4.98 Å². The standard InChI is InChI=1S/C17H23ClN4S/c1-3-22(4-2)17(23)21-10-5-9-19-15-8-11-20-16-12-13(18)6-7-14(15)16/h6-8,11-12H,3-5,9-10H2,1-2H3,(H,19,20)(H,21,23). The summed E-state index contributed by atoms with van der Waals surface area (Å²) in [4.78, 5) is 6.49. The van der Waals surface area contributed by atoms with Crippen LogP contribution in [0.5, 0.6) is 0 Å². The lowest BCUT2D eigenvalue weighted by molar-refractivity contribution is 0.456. The number of hydrogen-bond acceptors (Lipinski definition) is 3. The first-order valence-corrected chi connectivity index (χ1v) is 8.75. The van der Waals surface area contributed by atoms with Gasteiger partial charge in [0, 0.05) is 48.5 Å². The van der Waals surface area contributed by atoms with Gasteiger partial charge in [-0.2, -0.15) is 0 Å². The van der Waals surface area contributed by atoms with Gasteiger partial charge in [0.1, 0.15) is 0 Å². The molecule has 124 valence electrons. The Balaban J connectivity index is 1.82.